The molecular weight excluding hydrogens is 316 g/mol. The standard InChI is InChI=1S/C19H26N4O2/c1-14-6-4-7-17(10-14)25-13-15(2)21-19(24)23-9-5-8-18(23)16-11-20-22(3)12-16/h4,6-7,10-12,15,18H,5,8-9,13H2,1-3H3,(H,21,24)/t15-,18-/m1/s1. The van der Waals surface area contributed by atoms with E-state index in [-0.39, 0.29) is 18.1 Å². The average molecular weight is 342 g/mol. The molecule has 0 spiro atoms. The Morgan fingerprint density at radius 2 is 2.32 bits per heavy atom. The highest BCUT2D eigenvalue weighted by molar-refractivity contribution is 5.75. The van der Waals surface area contributed by atoms with Crippen molar-refractivity contribution in [3.8, 4) is 5.75 Å². The summed E-state index contributed by atoms with van der Waals surface area (Å²) in [5, 5.41) is 7.27. The van der Waals surface area contributed by atoms with Gasteiger partial charge in [0.2, 0.25) is 0 Å². The van der Waals surface area contributed by atoms with E-state index in [9.17, 15) is 4.79 Å². The van der Waals surface area contributed by atoms with E-state index in [2.05, 4.69) is 10.4 Å². The number of nitrogens with one attached hydrogen (secondary N) is 1. The number of carbonyl (C=O) groups excluding carboxylic acids is 1. The van der Waals surface area contributed by atoms with E-state index < -0.39 is 0 Å². The van der Waals surface area contributed by atoms with Crippen LogP contribution < -0.4 is 10.1 Å². The Bertz CT molecular complexity index is 728. The summed E-state index contributed by atoms with van der Waals surface area (Å²) in [6.07, 6.45) is 5.83. The van der Waals surface area contributed by atoms with Gasteiger partial charge in [0.1, 0.15) is 12.4 Å². The number of aromatic nitrogens is 2. The normalized spacial score (nSPS) is 18.2. The number of hydrogen-bond donors (Lipinski definition) is 1. The summed E-state index contributed by atoms with van der Waals surface area (Å²) in [7, 11) is 1.90. The molecule has 1 aliphatic rings. The summed E-state index contributed by atoms with van der Waals surface area (Å²) in [4.78, 5) is 14.5. The fourth-order valence-electron chi connectivity index (χ4n) is 3.23. The lowest BCUT2D eigenvalue weighted by Gasteiger charge is -2.26. The zero-order valence-corrected chi connectivity index (χ0v) is 15.1. The van der Waals surface area contributed by atoms with Gasteiger partial charge < -0.3 is 15.0 Å². The smallest absolute Gasteiger partial charge is 0.318 e. The van der Waals surface area contributed by atoms with Gasteiger partial charge in [0.25, 0.3) is 0 Å². The van der Waals surface area contributed by atoms with E-state index >= 15 is 0 Å². The summed E-state index contributed by atoms with van der Waals surface area (Å²) < 4.78 is 7.56. The van der Waals surface area contributed by atoms with Crippen molar-refractivity contribution in [2.75, 3.05) is 13.2 Å². The molecule has 25 heavy (non-hydrogen) atoms. The molecule has 2 aromatic rings. The Hall–Kier alpha value is -2.50. The first-order valence-electron chi connectivity index (χ1n) is 8.78. The predicted octanol–water partition coefficient (Wildman–Crippen LogP) is 3.04. The number of urea groups is 1. The molecule has 1 aromatic heterocycles. The lowest BCUT2D eigenvalue weighted by atomic mass is 10.1. The molecule has 1 aliphatic heterocycles. The average Bonchev–Trinajstić information content (AvgIpc) is 3.21. The fourth-order valence-corrected chi connectivity index (χ4v) is 3.23. The Morgan fingerprint density at radius 1 is 1.48 bits per heavy atom. The molecule has 0 unspecified atom stereocenters. The van der Waals surface area contributed by atoms with Crippen LogP contribution in [0.15, 0.2) is 36.7 Å². The van der Waals surface area contributed by atoms with Crippen LogP contribution in [0.3, 0.4) is 0 Å². The molecule has 2 heterocycles. The summed E-state index contributed by atoms with van der Waals surface area (Å²) >= 11 is 0. The number of rotatable bonds is 5. The van der Waals surface area contributed by atoms with Crippen molar-refractivity contribution in [2.24, 2.45) is 7.05 Å². The number of benzene rings is 1. The minimum atomic E-state index is -0.0665. The molecule has 0 saturated carbocycles. The van der Waals surface area contributed by atoms with Crippen LogP contribution in [0.2, 0.25) is 0 Å². The fraction of sp³-hybridized carbons (Fsp3) is 0.474. The molecule has 1 fully saturated rings. The topological polar surface area (TPSA) is 59.4 Å². The Kier molecular flexibility index (Phi) is 5.26. The van der Waals surface area contributed by atoms with Crippen molar-refractivity contribution in [3.05, 3.63) is 47.8 Å². The van der Waals surface area contributed by atoms with Gasteiger partial charge in [0.15, 0.2) is 0 Å². The number of hydrogen-bond acceptors (Lipinski definition) is 3. The third-order valence-corrected chi connectivity index (χ3v) is 4.48. The molecule has 0 radical (unpaired) electrons. The van der Waals surface area contributed by atoms with E-state index in [1.165, 1.54) is 0 Å². The first kappa shape index (κ1) is 17.3. The van der Waals surface area contributed by atoms with Crippen molar-refractivity contribution in [3.63, 3.8) is 0 Å². The summed E-state index contributed by atoms with van der Waals surface area (Å²) in [5.41, 5.74) is 2.25. The first-order valence-corrected chi connectivity index (χ1v) is 8.78. The quantitative estimate of drug-likeness (QED) is 0.908. The summed E-state index contributed by atoms with van der Waals surface area (Å²) in [5.74, 6) is 0.829. The molecule has 1 saturated heterocycles. The van der Waals surface area contributed by atoms with Gasteiger partial charge in [-0.25, -0.2) is 4.79 Å². The minimum Gasteiger partial charge on any atom is -0.491 e. The van der Waals surface area contributed by atoms with Crippen molar-refractivity contribution in [2.45, 2.75) is 38.8 Å². The molecule has 6 heteroatoms. The van der Waals surface area contributed by atoms with Gasteiger partial charge in [-0.3, -0.25) is 4.68 Å². The molecule has 1 N–H and O–H groups in total. The minimum absolute atomic E-state index is 0.0355. The SMILES string of the molecule is Cc1cccc(OC[C@@H](C)NC(=O)N2CCC[C@@H]2c2cnn(C)c2)c1. The lowest BCUT2D eigenvalue weighted by molar-refractivity contribution is 0.183. The van der Waals surface area contributed by atoms with Crippen LogP contribution in [0.4, 0.5) is 4.79 Å². The third kappa shape index (κ3) is 4.32. The molecule has 1 aromatic carbocycles. The second-order valence-corrected chi connectivity index (χ2v) is 6.78. The number of carbonyl (C=O) groups is 1. The van der Waals surface area contributed by atoms with Crippen LogP contribution in [0.25, 0.3) is 0 Å². The van der Waals surface area contributed by atoms with Crippen LogP contribution in [-0.4, -0.2) is 39.9 Å². The molecule has 0 bridgehead atoms. The number of likely N-dealkylation sites (tertiary alicyclic amines) is 1. The molecule has 3 rings (SSSR count). The maximum atomic E-state index is 12.6. The van der Waals surface area contributed by atoms with Gasteiger partial charge in [-0.15, -0.1) is 0 Å². The highest BCUT2D eigenvalue weighted by atomic mass is 16.5. The zero-order chi connectivity index (χ0) is 17.8. The lowest BCUT2D eigenvalue weighted by Crippen LogP contribution is -2.45. The highest BCUT2D eigenvalue weighted by Gasteiger charge is 2.31. The molecule has 0 aliphatic carbocycles. The van der Waals surface area contributed by atoms with E-state index in [4.69, 9.17) is 4.74 Å². The highest BCUT2D eigenvalue weighted by Crippen LogP contribution is 2.31. The largest absolute Gasteiger partial charge is 0.491 e. The second-order valence-electron chi connectivity index (χ2n) is 6.78. The molecule has 134 valence electrons. The van der Waals surface area contributed by atoms with E-state index in [1.54, 1.807) is 4.68 Å². The van der Waals surface area contributed by atoms with Gasteiger partial charge in [0, 0.05) is 25.4 Å². The van der Waals surface area contributed by atoms with Gasteiger partial charge in [-0.1, -0.05) is 12.1 Å². The van der Waals surface area contributed by atoms with Gasteiger partial charge in [0.05, 0.1) is 18.3 Å². The van der Waals surface area contributed by atoms with E-state index in [1.807, 2.05) is 62.5 Å². The Morgan fingerprint density at radius 3 is 3.04 bits per heavy atom. The van der Waals surface area contributed by atoms with Crippen LogP contribution >= 0.6 is 0 Å². The first-order chi connectivity index (χ1) is 12.0. The van der Waals surface area contributed by atoms with Gasteiger partial charge in [-0.05, 0) is 44.4 Å². The molecule has 6 nitrogen and oxygen atoms in total. The monoisotopic (exact) mass is 342 g/mol. The predicted molar refractivity (Wildman–Crippen MR) is 96.6 cm³/mol. The van der Waals surface area contributed by atoms with E-state index in [0.717, 1.165) is 36.3 Å². The maximum Gasteiger partial charge on any atom is 0.318 e. The summed E-state index contributed by atoms with van der Waals surface area (Å²) in [6.45, 7) is 5.21. The van der Waals surface area contributed by atoms with Gasteiger partial charge >= 0.3 is 6.03 Å². The van der Waals surface area contributed by atoms with Crippen molar-refractivity contribution >= 4 is 6.03 Å². The summed E-state index contributed by atoms with van der Waals surface area (Å²) in [6, 6.07) is 7.93. The zero-order valence-electron chi connectivity index (χ0n) is 15.1. The van der Waals surface area contributed by atoms with Crippen LogP contribution in [0, 0.1) is 6.92 Å². The van der Waals surface area contributed by atoms with Gasteiger partial charge in [-0.2, -0.15) is 5.10 Å². The Balaban J connectivity index is 1.54. The number of amides is 2. The van der Waals surface area contributed by atoms with Crippen LogP contribution in [0.1, 0.15) is 36.9 Å². The molecule has 2 amide bonds. The number of aryl methyl sites for hydroxylation is 2. The third-order valence-electron chi connectivity index (χ3n) is 4.48. The number of nitrogens with zero attached hydrogens (tertiary/aromatic N) is 3. The number of ether oxygens (including phenoxy) is 1. The van der Waals surface area contributed by atoms with Crippen LogP contribution in [0.5, 0.6) is 5.75 Å². The maximum absolute atomic E-state index is 12.6. The molecular formula is C19H26N4O2. The van der Waals surface area contributed by atoms with Crippen LogP contribution in [-0.2, 0) is 7.05 Å². The van der Waals surface area contributed by atoms with Crippen molar-refractivity contribution < 1.29 is 9.53 Å². The Labute approximate surface area is 148 Å². The van der Waals surface area contributed by atoms with Crippen molar-refractivity contribution in [1.82, 2.24) is 20.0 Å². The van der Waals surface area contributed by atoms with E-state index in [0.29, 0.717) is 6.61 Å². The van der Waals surface area contributed by atoms with Crippen molar-refractivity contribution in [1.29, 1.82) is 0 Å². The molecule has 2 atom stereocenters. The second kappa shape index (κ2) is 7.59.